The molecule has 1 saturated heterocycles. The van der Waals surface area contributed by atoms with E-state index in [9.17, 15) is 18.0 Å². The van der Waals surface area contributed by atoms with E-state index in [2.05, 4.69) is 5.32 Å². The number of carbonyl (C=O) groups is 1. The number of ether oxygens (including phenoxy) is 1. The molecule has 0 aromatic heterocycles. The first-order chi connectivity index (χ1) is 9.90. The van der Waals surface area contributed by atoms with Crippen LogP contribution in [0.1, 0.15) is 30.9 Å². The van der Waals surface area contributed by atoms with Gasteiger partial charge in [0.05, 0.1) is 12.2 Å². The van der Waals surface area contributed by atoms with Crippen molar-refractivity contribution in [1.82, 2.24) is 5.32 Å². The van der Waals surface area contributed by atoms with Crippen LogP contribution in [0.4, 0.5) is 13.2 Å². The Hall–Kier alpha value is -1.56. The number of halogens is 3. The fraction of sp³-hybridized carbons (Fsp3) is 0.533. The van der Waals surface area contributed by atoms with Crippen molar-refractivity contribution in [2.45, 2.75) is 44.4 Å². The number of nitrogens with one attached hydrogen (secondary N) is 1. The highest BCUT2D eigenvalue weighted by Crippen LogP contribution is 2.29. The molecule has 0 spiro atoms. The molecule has 1 N–H and O–H groups in total. The van der Waals surface area contributed by atoms with E-state index in [0.29, 0.717) is 19.4 Å². The molecule has 1 heterocycles. The Labute approximate surface area is 121 Å². The fourth-order valence-corrected chi connectivity index (χ4v) is 2.52. The van der Waals surface area contributed by atoms with E-state index in [4.69, 9.17) is 4.74 Å². The van der Waals surface area contributed by atoms with Crippen LogP contribution in [0.15, 0.2) is 24.3 Å². The minimum atomic E-state index is -4.31. The Morgan fingerprint density at radius 3 is 2.52 bits per heavy atom. The third-order valence-corrected chi connectivity index (χ3v) is 3.58. The van der Waals surface area contributed by atoms with Gasteiger partial charge in [-0.05, 0) is 43.9 Å². The normalized spacial score (nSPS) is 22.3. The second-order valence-electron chi connectivity index (χ2n) is 5.14. The predicted octanol–water partition coefficient (Wildman–Crippen LogP) is 2.93. The van der Waals surface area contributed by atoms with E-state index in [0.717, 1.165) is 24.1 Å². The second kappa shape index (κ2) is 6.47. The van der Waals surface area contributed by atoms with Crippen LogP contribution in [0, 0.1) is 0 Å². The largest absolute Gasteiger partial charge is 0.465 e. The minimum Gasteiger partial charge on any atom is -0.465 e. The van der Waals surface area contributed by atoms with Crippen LogP contribution in [0.3, 0.4) is 0 Å². The summed E-state index contributed by atoms with van der Waals surface area (Å²) in [6.07, 6.45) is -2.19. The number of esters is 1. The van der Waals surface area contributed by atoms with Crippen molar-refractivity contribution < 1.29 is 22.7 Å². The highest BCUT2D eigenvalue weighted by Gasteiger charge is 2.31. The van der Waals surface area contributed by atoms with Crippen molar-refractivity contribution in [3.8, 4) is 0 Å². The highest BCUT2D eigenvalue weighted by atomic mass is 19.4. The molecule has 3 nitrogen and oxygen atoms in total. The van der Waals surface area contributed by atoms with E-state index in [1.165, 1.54) is 12.1 Å². The average Bonchev–Trinajstić information content (AvgIpc) is 2.87. The molecule has 0 saturated carbocycles. The first kappa shape index (κ1) is 15.8. The predicted molar refractivity (Wildman–Crippen MR) is 71.7 cm³/mol. The van der Waals surface area contributed by atoms with Crippen LogP contribution in [0.2, 0.25) is 0 Å². The van der Waals surface area contributed by atoms with Crippen molar-refractivity contribution in [2.24, 2.45) is 0 Å². The third-order valence-electron chi connectivity index (χ3n) is 3.58. The van der Waals surface area contributed by atoms with E-state index in [1.807, 2.05) is 0 Å². The maximum absolute atomic E-state index is 12.5. The van der Waals surface area contributed by atoms with Crippen LogP contribution in [-0.2, 0) is 22.1 Å². The van der Waals surface area contributed by atoms with Crippen LogP contribution in [0.5, 0.6) is 0 Å². The molecular weight excluding hydrogens is 283 g/mol. The van der Waals surface area contributed by atoms with Gasteiger partial charge in [0.1, 0.15) is 6.04 Å². The van der Waals surface area contributed by atoms with Crippen molar-refractivity contribution in [2.75, 3.05) is 6.61 Å². The Bertz CT molecular complexity index is 485. The van der Waals surface area contributed by atoms with Gasteiger partial charge in [-0.2, -0.15) is 13.2 Å². The topological polar surface area (TPSA) is 38.3 Å². The molecule has 1 fully saturated rings. The fourth-order valence-electron chi connectivity index (χ4n) is 2.52. The van der Waals surface area contributed by atoms with E-state index in [1.54, 1.807) is 6.92 Å². The van der Waals surface area contributed by atoms with Crippen molar-refractivity contribution in [3.05, 3.63) is 35.4 Å². The van der Waals surface area contributed by atoms with Gasteiger partial charge in [0.15, 0.2) is 0 Å². The Morgan fingerprint density at radius 1 is 1.29 bits per heavy atom. The first-order valence-corrected chi connectivity index (χ1v) is 6.99. The molecule has 116 valence electrons. The number of rotatable bonds is 4. The number of hydrogen-bond donors (Lipinski definition) is 1. The lowest BCUT2D eigenvalue weighted by Gasteiger charge is -2.14. The quantitative estimate of drug-likeness (QED) is 0.869. The summed E-state index contributed by atoms with van der Waals surface area (Å²) in [6.45, 7) is 2.10. The molecule has 0 unspecified atom stereocenters. The lowest BCUT2D eigenvalue weighted by Crippen LogP contribution is -2.37. The molecule has 21 heavy (non-hydrogen) atoms. The van der Waals surface area contributed by atoms with Crippen LogP contribution in [-0.4, -0.2) is 24.7 Å². The van der Waals surface area contributed by atoms with Gasteiger partial charge in [0.25, 0.3) is 0 Å². The van der Waals surface area contributed by atoms with Crippen molar-refractivity contribution in [3.63, 3.8) is 0 Å². The monoisotopic (exact) mass is 301 g/mol. The Balaban J connectivity index is 1.90. The zero-order valence-electron chi connectivity index (χ0n) is 11.7. The lowest BCUT2D eigenvalue weighted by molar-refractivity contribution is -0.145. The molecule has 0 radical (unpaired) electrons. The van der Waals surface area contributed by atoms with Gasteiger partial charge in [-0.3, -0.25) is 4.79 Å². The SMILES string of the molecule is CCOC(=O)[C@@H]1CC[C@H](Cc2ccc(C(F)(F)F)cc2)N1. The smallest absolute Gasteiger partial charge is 0.416 e. The van der Waals surface area contributed by atoms with Crippen LogP contribution < -0.4 is 5.32 Å². The van der Waals surface area contributed by atoms with Gasteiger partial charge in [0, 0.05) is 6.04 Å². The standard InChI is InChI=1S/C15H18F3NO2/c1-2-21-14(20)13-8-7-12(19-13)9-10-3-5-11(6-4-10)15(16,17)18/h3-6,12-13,19H,2,7-9H2,1H3/t12-,13+/m1/s1. The summed E-state index contributed by atoms with van der Waals surface area (Å²) in [5, 5.41) is 3.17. The molecular formula is C15H18F3NO2. The van der Waals surface area contributed by atoms with Crippen molar-refractivity contribution >= 4 is 5.97 Å². The molecule has 0 amide bonds. The zero-order valence-corrected chi connectivity index (χ0v) is 11.7. The van der Waals surface area contributed by atoms with Gasteiger partial charge in [-0.1, -0.05) is 12.1 Å². The number of benzene rings is 1. The Kier molecular flexibility index (Phi) is 4.88. The molecule has 2 rings (SSSR count). The molecule has 6 heteroatoms. The molecule has 0 aliphatic carbocycles. The summed E-state index contributed by atoms with van der Waals surface area (Å²) in [6, 6.07) is 4.95. The van der Waals surface area contributed by atoms with Gasteiger partial charge in [-0.15, -0.1) is 0 Å². The van der Waals surface area contributed by atoms with Crippen molar-refractivity contribution in [1.29, 1.82) is 0 Å². The summed E-state index contributed by atoms with van der Waals surface area (Å²) in [5.74, 6) is -0.257. The van der Waals surface area contributed by atoms with E-state index < -0.39 is 11.7 Å². The van der Waals surface area contributed by atoms with Gasteiger partial charge in [-0.25, -0.2) is 0 Å². The van der Waals surface area contributed by atoms with Crippen LogP contribution in [0.25, 0.3) is 0 Å². The minimum absolute atomic E-state index is 0.0937. The molecule has 0 bridgehead atoms. The Morgan fingerprint density at radius 2 is 1.95 bits per heavy atom. The highest BCUT2D eigenvalue weighted by molar-refractivity contribution is 5.76. The second-order valence-corrected chi connectivity index (χ2v) is 5.14. The maximum atomic E-state index is 12.5. The average molecular weight is 301 g/mol. The number of hydrogen-bond acceptors (Lipinski definition) is 3. The van der Waals surface area contributed by atoms with Gasteiger partial charge >= 0.3 is 12.1 Å². The zero-order chi connectivity index (χ0) is 15.5. The first-order valence-electron chi connectivity index (χ1n) is 6.99. The summed E-state index contributed by atoms with van der Waals surface area (Å²) in [4.78, 5) is 11.6. The van der Waals surface area contributed by atoms with E-state index >= 15 is 0 Å². The van der Waals surface area contributed by atoms with Gasteiger partial charge in [0.2, 0.25) is 0 Å². The molecule has 1 aromatic rings. The van der Waals surface area contributed by atoms with Gasteiger partial charge < -0.3 is 10.1 Å². The molecule has 1 aliphatic rings. The van der Waals surface area contributed by atoms with E-state index in [-0.39, 0.29) is 18.1 Å². The maximum Gasteiger partial charge on any atom is 0.416 e. The lowest BCUT2D eigenvalue weighted by atomic mass is 10.0. The molecule has 1 aliphatic heterocycles. The molecule has 2 atom stereocenters. The number of carbonyl (C=O) groups excluding carboxylic acids is 1. The number of alkyl halides is 3. The summed E-state index contributed by atoms with van der Waals surface area (Å²) in [7, 11) is 0. The summed E-state index contributed by atoms with van der Waals surface area (Å²) < 4.78 is 42.4. The van der Waals surface area contributed by atoms with Crippen LogP contribution >= 0.6 is 0 Å². The third kappa shape index (κ3) is 4.20. The summed E-state index contributed by atoms with van der Waals surface area (Å²) >= 11 is 0. The molecule has 1 aromatic carbocycles. The summed E-state index contributed by atoms with van der Waals surface area (Å²) in [5.41, 5.74) is 0.181.